The topological polar surface area (TPSA) is 35.5 Å². The van der Waals surface area contributed by atoms with Gasteiger partial charge in [0.15, 0.2) is 5.78 Å². The molecule has 4 rings (SSSR count). The van der Waals surface area contributed by atoms with Crippen molar-refractivity contribution in [2.24, 2.45) is 23.7 Å². The van der Waals surface area contributed by atoms with Gasteiger partial charge in [-0.15, -0.1) is 0 Å². The molecule has 0 aromatic heterocycles. The van der Waals surface area contributed by atoms with Crippen molar-refractivity contribution in [1.29, 1.82) is 0 Å². The maximum atomic E-state index is 12.0. The second kappa shape index (κ2) is 2.28. The number of rotatable bonds is 0. The minimum Gasteiger partial charge on any atom is -0.343 e. The van der Waals surface area contributed by atoms with Gasteiger partial charge in [-0.25, -0.2) is 0 Å². The van der Waals surface area contributed by atoms with Gasteiger partial charge in [0.25, 0.3) is 0 Å². The fraction of sp³-hybridized carbons (Fsp3) is 0.727. The molecule has 0 amide bonds. The summed E-state index contributed by atoms with van der Waals surface area (Å²) >= 11 is 0. The van der Waals surface area contributed by atoms with E-state index in [0.717, 1.165) is 6.42 Å². The van der Waals surface area contributed by atoms with Gasteiger partial charge in [-0.2, -0.15) is 0 Å². The van der Waals surface area contributed by atoms with Crippen molar-refractivity contribution < 1.29 is 14.3 Å². The highest BCUT2D eigenvalue weighted by Gasteiger charge is 2.59. The van der Waals surface area contributed by atoms with E-state index in [1.165, 1.54) is 0 Å². The Morgan fingerprint density at radius 1 is 1.29 bits per heavy atom. The first-order valence-corrected chi connectivity index (χ1v) is 5.34. The molecule has 2 saturated heterocycles. The van der Waals surface area contributed by atoms with Crippen LogP contribution in [-0.2, 0) is 14.3 Å². The minimum atomic E-state index is -0.533. The molecular formula is C11H12O3. The maximum Gasteiger partial charge on any atom is 0.218 e. The standard InChI is InChI=1S/C11H12O3/c12-10-9-6-2-1-5(3-6)8(9)7-4-13-11(10)14-7/h1-2,5-9,11H,3-4H2/t5-,6+,7?,8?,9?,11?/m0/s1. The normalized spacial score (nSPS) is 58.1. The lowest BCUT2D eigenvalue weighted by Gasteiger charge is -2.34. The molecule has 1 saturated carbocycles. The number of hydrogen-bond acceptors (Lipinski definition) is 3. The Labute approximate surface area is 82.1 Å². The molecule has 2 aliphatic carbocycles. The van der Waals surface area contributed by atoms with E-state index in [9.17, 15) is 4.79 Å². The lowest BCUT2D eigenvalue weighted by atomic mass is 9.76. The van der Waals surface area contributed by atoms with Crippen LogP contribution < -0.4 is 0 Å². The molecule has 2 aliphatic heterocycles. The highest BCUT2D eigenvalue weighted by molar-refractivity contribution is 5.87. The Morgan fingerprint density at radius 2 is 2.14 bits per heavy atom. The van der Waals surface area contributed by atoms with Crippen molar-refractivity contribution in [2.75, 3.05) is 6.61 Å². The lowest BCUT2D eigenvalue weighted by molar-refractivity contribution is -0.166. The molecule has 14 heavy (non-hydrogen) atoms. The number of fused-ring (bicyclic) bond motifs is 8. The zero-order valence-electron chi connectivity index (χ0n) is 7.76. The van der Waals surface area contributed by atoms with Gasteiger partial charge < -0.3 is 9.47 Å². The molecule has 4 bridgehead atoms. The number of ether oxygens (including phenoxy) is 2. The van der Waals surface area contributed by atoms with Crippen LogP contribution in [0, 0.1) is 23.7 Å². The van der Waals surface area contributed by atoms with E-state index >= 15 is 0 Å². The predicted octanol–water partition coefficient (Wildman–Crippen LogP) is 0.749. The number of hydrogen-bond donors (Lipinski definition) is 0. The Kier molecular flexibility index (Phi) is 1.24. The number of Topliss-reactive ketones (excluding diaryl/α,β-unsaturated/α-hetero) is 1. The van der Waals surface area contributed by atoms with Crippen LogP contribution in [0.5, 0.6) is 0 Å². The lowest BCUT2D eigenvalue weighted by Crippen LogP contribution is -2.45. The summed E-state index contributed by atoms with van der Waals surface area (Å²) in [4.78, 5) is 12.0. The number of allylic oxidation sites excluding steroid dienone is 2. The number of carbonyl (C=O) groups excluding carboxylic acids is 1. The van der Waals surface area contributed by atoms with Gasteiger partial charge in [-0.1, -0.05) is 12.2 Å². The van der Waals surface area contributed by atoms with E-state index in [4.69, 9.17) is 9.47 Å². The molecule has 0 spiro atoms. The highest BCUT2D eigenvalue weighted by Crippen LogP contribution is 2.54. The summed E-state index contributed by atoms with van der Waals surface area (Å²) in [6.07, 6.45) is 5.29. The van der Waals surface area contributed by atoms with Crippen LogP contribution in [0.2, 0.25) is 0 Å². The second-order valence-electron chi connectivity index (χ2n) is 4.79. The average Bonchev–Trinajstić information content (AvgIpc) is 2.89. The van der Waals surface area contributed by atoms with E-state index < -0.39 is 6.29 Å². The number of ketones is 1. The summed E-state index contributed by atoms with van der Waals surface area (Å²) in [5.74, 6) is 1.86. The molecule has 2 heterocycles. The first-order chi connectivity index (χ1) is 6.84. The van der Waals surface area contributed by atoms with Gasteiger partial charge in [-0.05, 0) is 18.3 Å². The van der Waals surface area contributed by atoms with Crippen molar-refractivity contribution in [3.63, 3.8) is 0 Å². The summed E-state index contributed by atoms with van der Waals surface area (Å²) in [5, 5.41) is 0. The fourth-order valence-corrected chi connectivity index (χ4v) is 3.70. The Balaban J connectivity index is 1.81. The third kappa shape index (κ3) is 0.708. The number of carbonyl (C=O) groups is 1. The summed E-state index contributed by atoms with van der Waals surface area (Å²) in [5.41, 5.74) is 0. The van der Waals surface area contributed by atoms with Crippen molar-refractivity contribution in [2.45, 2.75) is 18.8 Å². The summed E-state index contributed by atoms with van der Waals surface area (Å²) in [6.45, 7) is 0.620. The quantitative estimate of drug-likeness (QED) is 0.531. The minimum absolute atomic E-state index is 0.183. The first kappa shape index (κ1) is 7.60. The molecule has 3 nitrogen and oxygen atoms in total. The van der Waals surface area contributed by atoms with E-state index in [-0.39, 0.29) is 17.8 Å². The van der Waals surface area contributed by atoms with Crippen LogP contribution >= 0.6 is 0 Å². The van der Waals surface area contributed by atoms with Crippen molar-refractivity contribution in [1.82, 2.24) is 0 Å². The molecule has 6 atom stereocenters. The molecule has 3 fully saturated rings. The van der Waals surface area contributed by atoms with E-state index in [1.54, 1.807) is 0 Å². The summed E-state index contributed by atoms with van der Waals surface area (Å²) in [7, 11) is 0. The van der Waals surface area contributed by atoms with Crippen LogP contribution in [0.4, 0.5) is 0 Å². The summed E-state index contributed by atoms with van der Waals surface area (Å²) < 4.78 is 10.9. The maximum absolute atomic E-state index is 12.0. The molecular weight excluding hydrogens is 180 g/mol. The average molecular weight is 192 g/mol. The van der Waals surface area contributed by atoms with Gasteiger partial charge >= 0.3 is 0 Å². The van der Waals surface area contributed by atoms with Gasteiger partial charge in [0.2, 0.25) is 6.29 Å². The molecule has 0 N–H and O–H groups in total. The molecule has 74 valence electrons. The van der Waals surface area contributed by atoms with Crippen LogP contribution in [0.25, 0.3) is 0 Å². The second-order valence-corrected chi connectivity index (χ2v) is 4.79. The Bertz CT molecular complexity index is 335. The Hall–Kier alpha value is -0.670. The molecule has 0 radical (unpaired) electrons. The van der Waals surface area contributed by atoms with Gasteiger partial charge in [0, 0.05) is 11.8 Å². The van der Waals surface area contributed by atoms with Crippen LogP contribution in [0.15, 0.2) is 12.2 Å². The third-order valence-electron chi connectivity index (χ3n) is 4.22. The van der Waals surface area contributed by atoms with E-state index in [0.29, 0.717) is 24.4 Å². The van der Waals surface area contributed by atoms with Gasteiger partial charge in [0.1, 0.15) is 0 Å². The SMILES string of the molecule is O=C1C2OCC(O2)C2C1[C@@H]1C=C[C@H]2C1. The Morgan fingerprint density at radius 3 is 3.07 bits per heavy atom. The van der Waals surface area contributed by atoms with Crippen LogP contribution in [-0.4, -0.2) is 24.8 Å². The largest absolute Gasteiger partial charge is 0.343 e. The molecule has 4 aliphatic rings. The third-order valence-corrected chi connectivity index (χ3v) is 4.22. The van der Waals surface area contributed by atoms with Crippen LogP contribution in [0.3, 0.4) is 0 Å². The zero-order valence-corrected chi connectivity index (χ0v) is 7.76. The van der Waals surface area contributed by atoms with Crippen molar-refractivity contribution in [3.05, 3.63) is 12.2 Å². The molecule has 0 aromatic rings. The van der Waals surface area contributed by atoms with Crippen molar-refractivity contribution in [3.8, 4) is 0 Å². The van der Waals surface area contributed by atoms with E-state index in [2.05, 4.69) is 12.2 Å². The monoisotopic (exact) mass is 192 g/mol. The molecule has 0 aromatic carbocycles. The first-order valence-electron chi connectivity index (χ1n) is 5.34. The van der Waals surface area contributed by atoms with Gasteiger partial charge in [-0.3, -0.25) is 4.79 Å². The fourth-order valence-electron chi connectivity index (χ4n) is 3.70. The van der Waals surface area contributed by atoms with Gasteiger partial charge in [0.05, 0.1) is 12.7 Å². The molecule has 3 heteroatoms. The predicted molar refractivity (Wildman–Crippen MR) is 47.3 cm³/mol. The smallest absolute Gasteiger partial charge is 0.218 e. The van der Waals surface area contributed by atoms with E-state index in [1.807, 2.05) is 0 Å². The highest BCUT2D eigenvalue weighted by atomic mass is 16.7. The summed E-state index contributed by atoms with van der Waals surface area (Å²) in [6, 6.07) is 0. The zero-order chi connectivity index (χ0) is 9.28. The van der Waals surface area contributed by atoms with Crippen molar-refractivity contribution >= 4 is 5.78 Å². The van der Waals surface area contributed by atoms with Crippen LogP contribution in [0.1, 0.15) is 6.42 Å². The molecule has 4 unspecified atom stereocenters.